The monoisotopic (exact) mass is 486 g/mol. The van der Waals surface area contributed by atoms with Crippen molar-refractivity contribution in [2.45, 2.75) is 38.1 Å². The molecule has 2 atom stereocenters. The molecule has 1 spiro atoms. The molecular formula is C24H25F3N6O2. The number of fused-ring (bicyclic) bond motifs is 1. The van der Waals surface area contributed by atoms with Crippen LogP contribution in [0.5, 0.6) is 0 Å². The van der Waals surface area contributed by atoms with Crippen LogP contribution in [0.3, 0.4) is 0 Å². The summed E-state index contributed by atoms with van der Waals surface area (Å²) in [6, 6.07) is 5.00. The van der Waals surface area contributed by atoms with Crippen molar-refractivity contribution in [1.82, 2.24) is 19.7 Å². The predicted molar refractivity (Wildman–Crippen MR) is 124 cm³/mol. The maximum atomic E-state index is 13.3. The van der Waals surface area contributed by atoms with Crippen LogP contribution in [0.2, 0.25) is 0 Å². The molecule has 3 N–H and O–H groups in total. The van der Waals surface area contributed by atoms with Crippen molar-refractivity contribution in [3.63, 3.8) is 0 Å². The molecule has 1 aromatic carbocycles. The Hall–Kier alpha value is -3.36. The van der Waals surface area contributed by atoms with Gasteiger partial charge in [0, 0.05) is 37.2 Å². The normalized spacial score (nSPS) is 21.9. The fourth-order valence-electron chi connectivity index (χ4n) is 5.01. The lowest BCUT2D eigenvalue weighted by Crippen LogP contribution is -2.51. The maximum absolute atomic E-state index is 13.3. The molecule has 11 heteroatoms. The van der Waals surface area contributed by atoms with Gasteiger partial charge in [-0.1, -0.05) is 18.1 Å². The summed E-state index contributed by atoms with van der Waals surface area (Å²) < 4.78 is 47.0. The number of nitrogens with zero attached hydrogens (tertiary/aromatic N) is 4. The van der Waals surface area contributed by atoms with E-state index >= 15 is 0 Å². The van der Waals surface area contributed by atoms with Crippen molar-refractivity contribution in [3.8, 4) is 11.8 Å². The minimum Gasteiger partial charge on any atom is -0.376 e. The largest absolute Gasteiger partial charge is 0.417 e. The molecule has 2 aromatic heterocycles. The highest BCUT2D eigenvalue weighted by atomic mass is 19.4. The third kappa shape index (κ3) is 3.96. The molecule has 8 nitrogen and oxygen atoms in total. The number of aromatic nitrogens is 4. The number of nitrogens with one attached hydrogen (secondary N) is 1. The zero-order valence-corrected chi connectivity index (χ0v) is 19.3. The predicted octanol–water partition coefficient (Wildman–Crippen LogP) is 2.41. The number of hydrogen-bond acceptors (Lipinski definition) is 6. The summed E-state index contributed by atoms with van der Waals surface area (Å²) in [4.78, 5) is 19.8. The fourth-order valence-corrected chi connectivity index (χ4v) is 5.01. The average molecular weight is 486 g/mol. The van der Waals surface area contributed by atoms with Gasteiger partial charge in [0.1, 0.15) is 5.39 Å². The smallest absolute Gasteiger partial charge is 0.376 e. The highest BCUT2D eigenvalue weighted by Crippen LogP contribution is 2.41. The summed E-state index contributed by atoms with van der Waals surface area (Å²) in [5, 5.41) is 6.91. The Bertz CT molecular complexity index is 1390. The van der Waals surface area contributed by atoms with Crippen molar-refractivity contribution in [2.75, 3.05) is 24.6 Å². The van der Waals surface area contributed by atoms with E-state index in [9.17, 15) is 18.0 Å². The Kier molecular flexibility index (Phi) is 5.61. The highest BCUT2D eigenvalue weighted by molar-refractivity contribution is 5.81. The average Bonchev–Trinajstić information content (AvgIpc) is 3.37. The van der Waals surface area contributed by atoms with Gasteiger partial charge in [-0.3, -0.25) is 14.5 Å². The van der Waals surface area contributed by atoms with Crippen molar-refractivity contribution in [3.05, 3.63) is 51.4 Å². The van der Waals surface area contributed by atoms with E-state index in [4.69, 9.17) is 10.5 Å². The van der Waals surface area contributed by atoms with E-state index < -0.39 is 11.7 Å². The summed E-state index contributed by atoms with van der Waals surface area (Å²) in [7, 11) is 1.62. The Morgan fingerprint density at radius 2 is 1.94 bits per heavy atom. The van der Waals surface area contributed by atoms with Gasteiger partial charge in [-0.15, -0.1) is 0 Å². The standard InChI is InChI=1S/C24H25F3N6O2/c1-14-19(28)23(13-35-14)9-11-33(12-10-23)22-29-20-18(21(34)32(22)2)17(30-31-20)8-7-15-5-3-4-6-16(15)24(25,26)27/h3-6,14,19H,9-13,28H2,1-2H3,(H,30,31)/t14-,19+/m0/s1. The first kappa shape index (κ1) is 23.4. The van der Waals surface area contributed by atoms with Crippen LogP contribution in [0.1, 0.15) is 36.6 Å². The number of aromatic amines is 1. The van der Waals surface area contributed by atoms with E-state index in [0.29, 0.717) is 25.6 Å². The number of rotatable bonds is 1. The van der Waals surface area contributed by atoms with E-state index in [-0.39, 0.29) is 45.4 Å². The second-order valence-electron chi connectivity index (χ2n) is 9.26. The Morgan fingerprint density at radius 3 is 2.60 bits per heavy atom. The molecule has 0 radical (unpaired) electrons. The first-order valence-electron chi connectivity index (χ1n) is 11.4. The SMILES string of the molecule is C[C@@H]1OCC2(CCN(c3nc4[nH]nc(C#Cc5ccccc5C(F)(F)F)c4c(=O)n3C)CC2)[C@@H]1N. The van der Waals surface area contributed by atoms with E-state index in [1.807, 2.05) is 11.8 Å². The zero-order chi connectivity index (χ0) is 25.0. The molecular weight excluding hydrogens is 461 g/mol. The van der Waals surface area contributed by atoms with Gasteiger partial charge in [-0.05, 0) is 37.8 Å². The third-order valence-electron chi connectivity index (χ3n) is 7.21. The number of piperidine rings is 1. The van der Waals surface area contributed by atoms with E-state index in [2.05, 4.69) is 27.0 Å². The molecule has 0 aliphatic carbocycles. The van der Waals surface area contributed by atoms with Gasteiger partial charge in [0.2, 0.25) is 5.95 Å². The van der Waals surface area contributed by atoms with Gasteiger partial charge in [0.25, 0.3) is 5.56 Å². The van der Waals surface area contributed by atoms with Gasteiger partial charge >= 0.3 is 6.18 Å². The summed E-state index contributed by atoms with van der Waals surface area (Å²) >= 11 is 0. The molecule has 0 bridgehead atoms. The van der Waals surface area contributed by atoms with E-state index in [0.717, 1.165) is 18.9 Å². The number of nitrogens with two attached hydrogens (primary N) is 1. The van der Waals surface area contributed by atoms with Crippen LogP contribution >= 0.6 is 0 Å². The van der Waals surface area contributed by atoms with Crippen molar-refractivity contribution in [2.24, 2.45) is 18.2 Å². The molecule has 2 aliphatic rings. The molecule has 0 unspecified atom stereocenters. The van der Waals surface area contributed by atoms with Crippen LogP contribution < -0.4 is 16.2 Å². The summed E-state index contributed by atoms with van der Waals surface area (Å²) in [5.41, 5.74) is 5.22. The lowest BCUT2D eigenvalue weighted by atomic mass is 9.73. The van der Waals surface area contributed by atoms with Gasteiger partial charge in [0.15, 0.2) is 11.3 Å². The van der Waals surface area contributed by atoms with Crippen LogP contribution in [0.15, 0.2) is 29.1 Å². The first-order valence-corrected chi connectivity index (χ1v) is 11.4. The number of hydrogen-bond donors (Lipinski definition) is 2. The van der Waals surface area contributed by atoms with Crippen LogP contribution in [0.25, 0.3) is 11.0 Å². The van der Waals surface area contributed by atoms with Crippen LogP contribution in [-0.2, 0) is 18.0 Å². The van der Waals surface area contributed by atoms with Crippen LogP contribution in [0.4, 0.5) is 19.1 Å². The lowest BCUT2D eigenvalue weighted by molar-refractivity contribution is -0.137. The zero-order valence-electron chi connectivity index (χ0n) is 19.3. The number of halogens is 3. The second-order valence-corrected chi connectivity index (χ2v) is 9.26. The van der Waals surface area contributed by atoms with E-state index in [1.54, 1.807) is 7.05 Å². The van der Waals surface area contributed by atoms with Crippen LogP contribution in [-0.4, -0.2) is 51.6 Å². The second kappa shape index (κ2) is 8.39. The number of H-pyrrole nitrogens is 1. The molecule has 3 aromatic rings. The highest BCUT2D eigenvalue weighted by Gasteiger charge is 2.47. The van der Waals surface area contributed by atoms with Crippen LogP contribution in [0, 0.1) is 17.3 Å². The third-order valence-corrected chi connectivity index (χ3v) is 7.21. The Labute approximate surface area is 199 Å². The Balaban J connectivity index is 1.45. The molecule has 2 fully saturated rings. The summed E-state index contributed by atoms with van der Waals surface area (Å²) in [5.74, 6) is 5.62. The lowest BCUT2D eigenvalue weighted by Gasteiger charge is -2.41. The fraction of sp³-hybridized carbons (Fsp3) is 0.458. The van der Waals surface area contributed by atoms with Gasteiger partial charge in [0.05, 0.1) is 18.3 Å². The Morgan fingerprint density at radius 1 is 1.23 bits per heavy atom. The van der Waals surface area contributed by atoms with Gasteiger partial charge in [-0.25, -0.2) is 0 Å². The number of anilines is 1. The quantitative estimate of drug-likeness (QED) is 0.513. The summed E-state index contributed by atoms with van der Waals surface area (Å²) in [6.07, 6.45) is -2.87. The topological polar surface area (TPSA) is 102 Å². The molecule has 35 heavy (non-hydrogen) atoms. The molecule has 5 rings (SSSR count). The minimum absolute atomic E-state index is 0.0213. The number of ether oxygens (including phenoxy) is 1. The molecule has 0 saturated carbocycles. The number of alkyl halides is 3. The molecule has 2 saturated heterocycles. The van der Waals surface area contributed by atoms with E-state index in [1.165, 1.54) is 22.8 Å². The minimum atomic E-state index is -4.54. The first-order chi connectivity index (χ1) is 16.6. The van der Waals surface area contributed by atoms with Gasteiger partial charge in [-0.2, -0.15) is 23.3 Å². The molecule has 184 valence electrons. The summed E-state index contributed by atoms with van der Waals surface area (Å²) in [6.45, 7) is 3.97. The molecule has 4 heterocycles. The van der Waals surface area contributed by atoms with Crippen molar-refractivity contribution in [1.29, 1.82) is 0 Å². The number of benzene rings is 1. The maximum Gasteiger partial charge on any atom is 0.417 e. The molecule has 2 aliphatic heterocycles. The van der Waals surface area contributed by atoms with Gasteiger partial charge < -0.3 is 15.4 Å². The van der Waals surface area contributed by atoms with Crippen molar-refractivity contribution >= 4 is 17.0 Å². The van der Waals surface area contributed by atoms with Crippen molar-refractivity contribution < 1.29 is 17.9 Å². The molecule has 0 amide bonds.